The standard InChI is InChI=1S/C15H20O3/c1-4-13(14(16)17-3)15(9-18-10-15)12-7-5-6-11(2)8-12/h5-8,13H,4,9-10H2,1-3H3. The summed E-state index contributed by atoms with van der Waals surface area (Å²) in [7, 11) is 1.45. The molecule has 1 saturated heterocycles. The lowest BCUT2D eigenvalue weighted by atomic mass is 9.67. The summed E-state index contributed by atoms with van der Waals surface area (Å²) in [5, 5.41) is 0. The predicted molar refractivity (Wildman–Crippen MR) is 69.5 cm³/mol. The second-order valence-electron chi connectivity index (χ2n) is 5.00. The van der Waals surface area contributed by atoms with Crippen LogP contribution in [0, 0.1) is 12.8 Å². The lowest BCUT2D eigenvalue weighted by Crippen LogP contribution is -2.55. The average Bonchev–Trinajstić information content (AvgIpc) is 2.32. The van der Waals surface area contributed by atoms with Crippen LogP contribution in [-0.4, -0.2) is 26.3 Å². The number of ether oxygens (including phenoxy) is 2. The maximum atomic E-state index is 12.0. The van der Waals surface area contributed by atoms with Crippen molar-refractivity contribution in [3.8, 4) is 0 Å². The molecule has 0 N–H and O–H groups in total. The van der Waals surface area contributed by atoms with Crippen LogP contribution in [0.3, 0.4) is 0 Å². The Morgan fingerprint density at radius 3 is 2.67 bits per heavy atom. The van der Waals surface area contributed by atoms with Crippen LogP contribution in [0.5, 0.6) is 0 Å². The number of esters is 1. The molecule has 1 fully saturated rings. The highest BCUT2D eigenvalue weighted by molar-refractivity contribution is 5.75. The first-order valence-corrected chi connectivity index (χ1v) is 6.37. The molecular formula is C15H20O3. The average molecular weight is 248 g/mol. The molecule has 1 heterocycles. The predicted octanol–water partition coefficient (Wildman–Crippen LogP) is 2.46. The van der Waals surface area contributed by atoms with Gasteiger partial charge in [-0.2, -0.15) is 0 Å². The zero-order valence-corrected chi connectivity index (χ0v) is 11.2. The minimum absolute atomic E-state index is 0.127. The number of carbonyl (C=O) groups is 1. The van der Waals surface area contributed by atoms with Gasteiger partial charge in [0.25, 0.3) is 0 Å². The van der Waals surface area contributed by atoms with Gasteiger partial charge in [0.05, 0.1) is 31.7 Å². The molecule has 0 saturated carbocycles. The van der Waals surface area contributed by atoms with E-state index in [0.717, 1.165) is 6.42 Å². The Balaban J connectivity index is 2.38. The van der Waals surface area contributed by atoms with Gasteiger partial charge < -0.3 is 9.47 Å². The molecule has 1 atom stereocenters. The normalized spacial score (nSPS) is 18.8. The molecule has 3 heteroatoms. The van der Waals surface area contributed by atoms with Crippen LogP contribution in [0.15, 0.2) is 24.3 Å². The van der Waals surface area contributed by atoms with E-state index in [1.165, 1.54) is 18.2 Å². The van der Waals surface area contributed by atoms with Gasteiger partial charge in [-0.15, -0.1) is 0 Å². The molecule has 1 aromatic carbocycles. The van der Waals surface area contributed by atoms with Crippen molar-refractivity contribution in [2.45, 2.75) is 25.7 Å². The van der Waals surface area contributed by atoms with Gasteiger partial charge in [-0.25, -0.2) is 0 Å². The minimum atomic E-state index is -0.201. The van der Waals surface area contributed by atoms with Crippen LogP contribution >= 0.6 is 0 Å². The molecule has 1 unspecified atom stereocenters. The van der Waals surface area contributed by atoms with Gasteiger partial charge in [0.2, 0.25) is 0 Å². The molecule has 0 radical (unpaired) electrons. The fraction of sp³-hybridized carbons (Fsp3) is 0.533. The number of aryl methyl sites for hydroxylation is 1. The van der Waals surface area contributed by atoms with E-state index in [9.17, 15) is 4.79 Å². The maximum Gasteiger partial charge on any atom is 0.309 e. The van der Waals surface area contributed by atoms with Crippen molar-refractivity contribution in [2.24, 2.45) is 5.92 Å². The first-order chi connectivity index (χ1) is 8.64. The summed E-state index contributed by atoms with van der Waals surface area (Å²) in [5.74, 6) is -0.264. The summed E-state index contributed by atoms with van der Waals surface area (Å²) in [5.41, 5.74) is 2.19. The molecule has 0 amide bonds. The molecule has 1 aliphatic rings. The van der Waals surface area contributed by atoms with E-state index < -0.39 is 0 Å². The number of hydrogen-bond acceptors (Lipinski definition) is 3. The number of benzene rings is 1. The molecule has 0 spiro atoms. The summed E-state index contributed by atoms with van der Waals surface area (Å²) in [6.07, 6.45) is 0.768. The van der Waals surface area contributed by atoms with Crippen LogP contribution in [0.1, 0.15) is 24.5 Å². The van der Waals surface area contributed by atoms with Crippen molar-refractivity contribution >= 4 is 5.97 Å². The fourth-order valence-electron chi connectivity index (χ4n) is 2.77. The highest BCUT2D eigenvalue weighted by atomic mass is 16.5. The van der Waals surface area contributed by atoms with E-state index in [1.54, 1.807) is 0 Å². The number of hydrogen-bond donors (Lipinski definition) is 0. The van der Waals surface area contributed by atoms with Gasteiger partial charge in [-0.1, -0.05) is 36.8 Å². The summed E-state index contributed by atoms with van der Waals surface area (Å²) in [6, 6.07) is 8.33. The van der Waals surface area contributed by atoms with Gasteiger partial charge in [-0.05, 0) is 18.9 Å². The minimum Gasteiger partial charge on any atom is -0.469 e. The summed E-state index contributed by atoms with van der Waals surface area (Å²) >= 11 is 0. The zero-order valence-electron chi connectivity index (χ0n) is 11.2. The molecule has 18 heavy (non-hydrogen) atoms. The highest BCUT2D eigenvalue weighted by Crippen LogP contribution is 2.41. The SMILES string of the molecule is CCC(C(=O)OC)C1(c2cccc(C)c2)COC1. The Kier molecular flexibility index (Phi) is 3.71. The van der Waals surface area contributed by atoms with Crippen molar-refractivity contribution in [1.29, 1.82) is 0 Å². The third kappa shape index (κ3) is 2.03. The first kappa shape index (κ1) is 13.1. The van der Waals surface area contributed by atoms with Crippen LogP contribution in [-0.2, 0) is 19.7 Å². The first-order valence-electron chi connectivity index (χ1n) is 6.37. The smallest absolute Gasteiger partial charge is 0.309 e. The highest BCUT2D eigenvalue weighted by Gasteiger charge is 2.50. The van der Waals surface area contributed by atoms with Crippen molar-refractivity contribution in [1.82, 2.24) is 0 Å². The van der Waals surface area contributed by atoms with Gasteiger partial charge in [0, 0.05) is 0 Å². The summed E-state index contributed by atoms with van der Waals surface area (Å²) in [4.78, 5) is 12.0. The van der Waals surface area contributed by atoms with E-state index in [1.807, 2.05) is 13.0 Å². The summed E-state index contributed by atoms with van der Waals surface area (Å²) in [6.45, 7) is 5.29. The van der Waals surface area contributed by atoms with Crippen molar-refractivity contribution in [3.63, 3.8) is 0 Å². The second-order valence-corrected chi connectivity index (χ2v) is 5.00. The Labute approximate surface area is 108 Å². The largest absolute Gasteiger partial charge is 0.469 e. The van der Waals surface area contributed by atoms with Crippen LogP contribution < -0.4 is 0 Å². The van der Waals surface area contributed by atoms with Gasteiger partial charge >= 0.3 is 5.97 Å². The van der Waals surface area contributed by atoms with Gasteiger partial charge in [0.15, 0.2) is 0 Å². The lowest BCUT2D eigenvalue weighted by molar-refractivity contribution is -0.160. The van der Waals surface area contributed by atoms with Gasteiger partial charge in [0.1, 0.15) is 0 Å². The van der Waals surface area contributed by atoms with E-state index in [0.29, 0.717) is 13.2 Å². The molecule has 98 valence electrons. The summed E-state index contributed by atoms with van der Waals surface area (Å²) < 4.78 is 10.3. The van der Waals surface area contributed by atoms with Crippen molar-refractivity contribution in [2.75, 3.05) is 20.3 Å². The number of rotatable bonds is 4. The molecule has 0 bridgehead atoms. The second kappa shape index (κ2) is 5.11. The third-order valence-electron chi connectivity index (χ3n) is 3.87. The maximum absolute atomic E-state index is 12.0. The number of carbonyl (C=O) groups excluding carboxylic acids is 1. The van der Waals surface area contributed by atoms with Crippen LogP contribution in [0.4, 0.5) is 0 Å². The molecule has 0 aromatic heterocycles. The quantitative estimate of drug-likeness (QED) is 0.768. The van der Waals surface area contributed by atoms with E-state index in [4.69, 9.17) is 9.47 Å². The third-order valence-corrected chi connectivity index (χ3v) is 3.87. The molecule has 2 rings (SSSR count). The molecular weight excluding hydrogens is 228 g/mol. The fourth-order valence-corrected chi connectivity index (χ4v) is 2.77. The van der Waals surface area contributed by atoms with E-state index in [-0.39, 0.29) is 17.3 Å². The molecule has 1 aromatic rings. The lowest BCUT2D eigenvalue weighted by Gasteiger charge is -2.46. The van der Waals surface area contributed by atoms with Gasteiger partial charge in [-0.3, -0.25) is 4.79 Å². The molecule has 3 nitrogen and oxygen atoms in total. The Bertz CT molecular complexity index is 435. The van der Waals surface area contributed by atoms with Crippen LogP contribution in [0.2, 0.25) is 0 Å². The zero-order chi connectivity index (χ0) is 13.2. The Morgan fingerprint density at radius 1 is 1.50 bits per heavy atom. The monoisotopic (exact) mass is 248 g/mol. The van der Waals surface area contributed by atoms with E-state index >= 15 is 0 Å². The number of methoxy groups -OCH3 is 1. The van der Waals surface area contributed by atoms with Crippen molar-refractivity contribution < 1.29 is 14.3 Å². The Hall–Kier alpha value is -1.35. The topological polar surface area (TPSA) is 35.5 Å². The van der Waals surface area contributed by atoms with E-state index in [2.05, 4.69) is 25.1 Å². The molecule has 0 aliphatic carbocycles. The molecule has 1 aliphatic heterocycles. The van der Waals surface area contributed by atoms with Crippen molar-refractivity contribution in [3.05, 3.63) is 35.4 Å². The van der Waals surface area contributed by atoms with Crippen LogP contribution in [0.25, 0.3) is 0 Å². The Morgan fingerprint density at radius 2 is 2.22 bits per heavy atom.